The molecule has 4 aromatic rings. The Morgan fingerprint density at radius 3 is 2.96 bits per heavy atom. The number of aryl methyl sites for hydroxylation is 1. The van der Waals surface area contributed by atoms with Gasteiger partial charge in [0.1, 0.15) is 11.3 Å². The largest absolute Gasteiger partial charge is 0.358 e. The van der Waals surface area contributed by atoms with Crippen LogP contribution in [0.1, 0.15) is 38.5 Å². The van der Waals surface area contributed by atoms with Crippen LogP contribution in [0.3, 0.4) is 0 Å². The third-order valence-corrected chi connectivity index (χ3v) is 7.13. The average molecular weight is 390 g/mol. The molecular weight excluding hydrogens is 372 g/mol. The molecule has 140 valence electrons. The fourth-order valence-corrected chi connectivity index (χ4v) is 5.82. The Bertz CT molecular complexity index is 1210. The predicted molar refractivity (Wildman–Crippen MR) is 106 cm³/mol. The van der Waals surface area contributed by atoms with Gasteiger partial charge in [-0.05, 0) is 41.3 Å². The molecule has 28 heavy (non-hydrogen) atoms. The summed E-state index contributed by atoms with van der Waals surface area (Å²) in [5.74, 6) is 0.0980. The molecule has 0 fully saturated rings. The van der Waals surface area contributed by atoms with Gasteiger partial charge in [-0.25, -0.2) is 0 Å². The fraction of sp³-hybridized carbons (Fsp3) is 0.300. The highest BCUT2D eigenvalue weighted by atomic mass is 32.1. The van der Waals surface area contributed by atoms with Gasteiger partial charge in [0.05, 0.1) is 5.56 Å². The number of nitrogens with zero attached hydrogens (tertiary/aromatic N) is 5. The van der Waals surface area contributed by atoms with E-state index in [0.29, 0.717) is 6.54 Å². The standard InChI is InChI=1S/C20H18N6OS/c27-19(18-13-5-3-7-17(13)28-20(18)26-11-21-23-24-26)25-9-8-16-14(10-25)12-4-1-2-6-15(12)22-16/h1-2,4,6,11,22H,3,5,7-10H2. The van der Waals surface area contributed by atoms with Crippen molar-refractivity contribution in [3.05, 3.63) is 57.9 Å². The van der Waals surface area contributed by atoms with Gasteiger partial charge in [-0.3, -0.25) is 4.79 Å². The lowest BCUT2D eigenvalue weighted by Gasteiger charge is -2.28. The number of aromatic amines is 1. The number of fused-ring (bicyclic) bond motifs is 4. The van der Waals surface area contributed by atoms with Crippen molar-refractivity contribution in [1.29, 1.82) is 0 Å². The zero-order valence-corrected chi connectivity index (χ0v) is 16.0. The summed E-state index contributed by atoms with van der Waals surface area (Å²) in [6.45, 7) is 1.36. The lowest BCUT2D eigenvalue weighted by Crippen LogP contribution is -2.36. The molecule has 8 heteroatoms. The van der Waals surface area contributed by atoms with Crippen molar-refractivity contribution in [2.45, 2.75) is 32.2 Å². The molecule has 0 unspecified atom stereocenters. The molecule has 3 aromatic heterocycles. The smallest absolute Gasteiger partial charge is 0.257 e. The fourth-order valence-electron chi connectivity index (χ4n) is 4.52. The zero-order valence-electron chi connectivity index (χ0n) is 15.2. The lowest BCUT2D eigenvalue weighted by atomic mass is 10.0. The molecule has 6 rings (SSSR count). The van der Waals surface area contributed by atoms with Crippen LogP contribution < -0.4 is 0 Å². The van der Waals surface area contributed by atoms with Crippen LogP contribution in [0.2, 0.25) is 0 Å². The molecule has 0 radical (unpaired) electrons. The molecule has 0 saturated carbocycles. The number of para-hydroxylation sites is 1. The van der Waals surface area contributed by atoms with Crippen molar-refractivity contribution in [2.75, 3.05) is 6.54 Å². The van der Waals surface area contributed by atoms with Crippen molar-refractivity contribution in [1.82, 2.24) is 30.1 Å². The van der Waals surface area contributed by atoms with E-state index in [4.69, 9.17) is 0 Å². The van der Waals surface area contributed by atoms with E-state index in [1.165, 1.54) is 27.1 Å². The highest BCUT2D eigenvalue weighted by Gasteiger charge is 2.32. The maximum absolute atomic E-state index is 13.6. The Balaban J connectivity index is 1.41. The van der Waals surface area contributed by atoms with E-state index in [1.807, 2.05) is 11.0 Å². The normalized spacial score (nSPS) is 15.8. The second kappa shape index (κ2) is 6.00. The van der Waals surface area contributed by atoms with E-state index in [2.05, 4.69) is 38.7 Å². The van der Waals surface area contributed by atoms with Gasteiger partial charge in [0.15, 0.2) is 0 Å². The number of H-pyrrole nitrogens is 1. The highest BCUT2D eigenvalue weighted by molar-refractivity contribution is 7.15. The molecule has 1 aliphatic carbocycles. The minimum atomic E-state index is 0.0980. The molecule has 0 saturated heterocycles. The molecule has 0 atom stereocenters. The van der Waals surface area contributed by atoms with Gasteiger partial charge in [-0.2, -0.15) is 4.68 Å². The molecule has 1 aromatic carbocycles. The maximum Gasteiger partial charge on any atom is 0.257 e. The molecule has 1 N–H and O–H groups in total. The van der Waals surface area contributed by atoms with Crippen LogP contribution >= 0.6 is 11.3 Å². The van der Waals surface area contributed by atoms with Crippen LogP contribution in [0, 0.1) is 0 Å². The van der Waals surface area contributed by atoms with Crippen LogP contribution in [0.25, 0.3) is 15.9 Å². The second-order valence-electron chi connectivity index (χ2n) is 7.40. The van der Waals surface area contributed by atoms with Gasteiger partial charge in [-0.15, -0.1) is 16.4 Å². The molecule has 2 aliphatic rings. The van der Waals surface area contributed by atoms with Crippen molar-refractivity contribution >= 4 is 28.1 Å². The first-order chi connectivity index (χ1) is 13.8. The minimum absolute atomic E-state index is 0.0980. The second-order valence-corrected chi connectivity index (χ2v) is 8.48. The molecule has 7 nitrogen and oxygen atoms in total. The van der Waals surface area contributed by atoms with Crippen LogP contribution in [0.4, 0.5) is 0 Å². The van der Waals surface area contributed by atoms with E-state index >= 15 is 0 Å². The lowest BCUT2D eigenvalue weighted by molar-refractivity contribution is 0.0734. The van der Waals surface area contributed by atoms with Gasteiger partial charge >= 0.3 is 0 Å². The number of thiophene rings is 1. The summed E-state index contributed by atoms with van der Waals surface area (Å²) in [6.07, 6.45) is 5.54. The van der Waals surface area contributed by atoms with Gasteiger partial charge < -0.3 is 9.88 Å². The Hall–Kier alpha value is -3.00. The summed E-state index contributed by atoms with van der Waals surface area (Å²) >= 11 is 1.66. The summed E-state index contributed by atoms with van der Waals surface area (Å²) in [5, 5.41) is 13.6. The van der Waals surface area contributed by atoms with Gasteiger partial charge in [0.2, 0.25) is 0 Å². The Labute approximate surface area is 165 Å². The number of carbonyl (C=O) groups is 1. The number of hydrogen-bond acceptors (Lipinski definition) is 5. The molecule has 0 bridgehead atoms. The van der Waals surface area contributed by atoms with E-state index < -0.39 is 0 Å². The Morgan fingerprint density at radius 2 is 2.07 bits per heavy atom. The number of amides is 1. The van der Waals surface area contributed by atoms with Crippen LogP contribution in [0.5, 0.6) is 0 Å². The summed E-state index contributed by atoms with van der Waals surface area (Å²) < 4.78 is 1.64. The third kappa shape index (κ3) is 2.27. The number of carbonyl (C=O) groups excluding carboxylic acids is 1. The van der Waals surface area contributed by atoms with Crippen molar-refractivity contribution in [3.8, 4) is 5.00 Å². The SMILES string of the molecule is O=C(c1c(-n2cnnn2)sc2c1CCC2)N1CCc2[nH]c3ccccc3c2C1. The minimum Gasteiger partial charge on any atom is -0.358 e. The van der Waals surface area contributed by atoms with E-state index in [0.717, 1.165) is 48.3 Å². The molecular formula is C20H18N6OS. The summed E-state index contributed by atoms with van der Waals surface area (Å²) in [7, 11) is 0. The molecule has 1 amide bonds. The quantitative estimate of drug-likeness (QED) is 0.571. The number of tetrazole rings is 1. The molecule has 4 heterocycles. The molecule has 0 spiro atoms. The Morgan fingerprint density at radius 1 is 1.14 bits per heavy atom. The zero-order chi connectivity index (χ0) is 18.7. The van der Waals surface area contributed by atoms with Crippen molar-refractivity contribution < 1.29 is 4.79 Å². The third-order valence-electron chi connectivity index (χ3n) is 5.84. The van der Waals surface area contributed by atoms with Crippen molar-refractivity contribution in [3.63, 3.8) is 0 Å². The maximum atomic E-state index is 13.6. The number of aromatic nitrogens is 5. The average Bonchev–Trinajstić information content (AvgIpc) is 3.48. The van der Waals surface area contributed by atoms with Gasteiger partial charge in [0.25, 0.3) is 5.91 Å². The van der Waals surface area contributed by atoms with E-state index in [9.17, 15) is 4.79 Å². The van der Waals surface area contributed by atoms with Crippen LogP contribution in [-0.2, 0) is 25.8 Å². The van der Waals surface area contributed by atoms with Crippen molar-refractivity contribution in [2.24, 2.45) is 0 Å². The predicted octanol–water partition coefficient (Wildman–Crippen LogP) is 2.89. The first kappa shape index (κ1) is 16.0. The monoisotopic (exact) mass is 390 g/mol. The number of rotatable bonds is 2. The number of hydrogen-bond donors (Lipinski definition) is 1. The number of nitrogens with one attached hydrogen (secondary N) is 1. The number of benzene rings is 1. The van der Waals surface area contributed by atoms with Crippen LogP contribution in [0.15, 0.2) is 30.6 Å². The highest BCUT2D eigenvalue weighted by Crippen LogP contribution is 2.39. The van der Waals surface area contributed by atoms with Gasteiger partial charge in [-0.1, -0.05) is 18.2 Å². The van der Waals surface area contributed by atoms with E-state index in [-0.39, 0.29) is 5.91 Å². The summed E-state index contributed by atoms with van der Waals surface area (Å²) in [6, 6.07) is 8.33. The topological polar surface area (TPSA) is 79.7 Å². The Kier molecular flexibility index (Phi) is 3.43. The van der Waals surface area contributed by atoms with Crippen LogP contribution in [-0.4, -0.2) is 42.5 Å². The van der Waals surface area contributed by atoms with E-state index in [1.54, 1.807) is 22.3 Å². The summed E-state index contributed by atoms with van der Waals surface area (Å²) in [5.41, 5.74) is 5.64. The first-order valence-electron chi connectivity index (χ1n) is 9.55. The van der Waals surface area contributed by atoms with Gasteiger partial charge in [0, 0.05) is 46.5 Å². The first-order valence-corrected chi connectivity index (χ1v) is 10.4. The molecule has 1 aliphatic heterocycles. The summed E-state index contributed by atoms with van der Waals surface area (Å²) in [4.78, 5) is 20.5.